The SMILES string of the molecule is O=CN(c1ccc(N(C=O)n2c(C(=O)O)cc3ccccc32)o1)n1c(C(=O)O)cc2ccccc21. The summed E-state index contributed by atoms with van der Waals surface area (Å²) in [5, 5.41) is 22.4. The summed E-state index contributed by atoms with van der Waals surface area (Å²) in [6, 6.07) is 19.1. The van der Waals surface area contributed by atoms with Gasteiger partial charge in [0.05, 0.1) is 11.0 Å². The lowest BCUT2D eigenvalue weighted by Gasteiger charge is -2.21. The van der Waals surface area contributed by atoms with Crippen LogP contribution in [0, 0.1) is 0 Å². The van der Waals surface area contributed by atoms with Crippen molar-refractivity contribution in [1.29, 1.82) is 0 Å². The van der Waals surface area contributed by atoms with Gasteiger partial charge in [0.2, 0.25) is 24.6 Å². The molecule has 0 bridgehead atoms. The summed E-state index contributed by atoms with van der Waals surface area (Å²) in [6.45, 7) is 0. The number of anilines is 2. The molecule has 5 rings (SSSR count). The number of fused-ring (bicyclic) bond motifs is 2. The molecule has 0 aliphatic carbocycles. The van der Waals surface area contributed by atoms with Gasteiger partial charge in [-0.15, -0.1) is 0 Å². The predicted molar refractivity (Wildman–Crippen MR) is 124 cm³/mol. The van der Waals surface area contributed by atoms with E-state index in [2.05, 4.69) is 0 Å². The van der Waals surface area contributed by atoms with Gasteiger partial charge in [-0.1, -0.05) is 36.4 Å². The van der Waals surface area contributed by atoms with Crippen LogP contribution in [-0.4, -0.2) is 44.3 Å². The molecule has 11 heteroatoms. The molecule has 2 aromatic carbocycles. The minimum absolute atomic E-state index is 0.0981. The second-order valence-electron chi connectivity index (χ2n) is 7.42. The third-order valence-electron chi connectivity index (χ3n) is 5.47. The molecule has 2 N–H and O–H groups in total. The highest BCUT2D eigenvalue weighted by molar-refractivity contribution is 5.98. The normalized spacial score (nSPS) is 11.0. The van der Waals surface area contributed by atoms with Crippen molar-refractivity contribution in [1.82, 2.24) is 9.35 Å². The van der Waals surface area contributed by atoms with Gasteiger partial charge in [-0.25, -0.2) is 18.9 Å². The molecule has 0 aliphatic heterocycles. The number of hydrogen-bond acceptors (Lipinski definition) is 5. The van der Waals surface area contributed by atoms with Crippen molar-refractivity contribution in [3.63, 3.8) is 0 Å². The maximum Gasteiger partial charge on any atom is 0.354 e. The van der Waals surface area contributed by atoms with Crippen LogP contribution < -0.4 is 10.0 Å². The second-order valence-corrected chi connectivity index (χ2v) is 7.42. The molecule has 0 radical (unpaired) electrons. The fourth-order valence-electron chi connectivity index (χ4n) is 4.01. The molecule has 174 valence electrons. The Bertz CT molecular complexity index is 1510. The fraction of sp³-hybridized carbons (Fsp3) is 0. The van der Waals surface area contributed by atoms with E-state index < -0.39 is 11.9 Å². The Balaban J connectivity index is 1.64. The summed E-state index contributed by atoms with van der Waals surface area (Å²) < 4.78 is 8.11. The topological polar surface area (TPSA) is 138 Å². The Morgan fingerprint density at radius 2 is 1.09 bits per heavy atom. The lowest BCUT2D eigenvalue weighted by atomic mass is 10.2. The molecule has 5 aromatic rings. The van der Waals surface area contributed by atoms with E-state index in [9.17, 15) is 29.4 Å². The van der Waals surface area contributed by atoms with E-state index in [4.69, 9.17) is 4.42 Å². The van der Waals surface area contributed by atoms with Gasteiger partial charge in [-0.3, -0.25) is 9.59 Å². The maximum atomic E-state index is 12.1. The Kier molecular flexibility index (Phi) is 5.06. The van der Waals surface area contributed by atoms with E-state index in [-0.39, 0.29) is 23.2 Å². The average molecular weight is 472 g/mol. The number of amides is 2. The third kappa shape index (κ3) is 3.38. The summed E-state index contributed by atoms with van der Waals surface area (Å²) in [4.78, 5) is 48.0. The highest BCUT2D eigenvalue weighted by atomic mass is 16.4. The Morgan fingerprint density at radius 3 is 1.46 bits per heavy atom. The van der Waals surface area contributed by atoms with E-state index in [1.807, 2.05) is 0 Å². The van der Waals surface area contributed by atoms with Crippen LogP contribution in [-0.2, 0) is 9.59 Å². The van der Waals surface area contributed by atoms with Crippen molar-refractivity contribution in [3.05, 3.63) is 84.2 Å². The van der Waals surface area contributed by atoms with Crippen LogP contribution in [0.15, 0.2) is 77.2 Å². The third-order valence-corrected chi connectivity index (χ3v) is 5.47. The number of nitrogens with zero attached hydrogens (tertiary/aromatic N) is 4. The number of carbonyl (C=O) groups excluding carboxylic acids is 2. The summed E-state index contributed by atoms with van der Waals surface area (Å²) >= 11 is 0. The maximum absolute atomic E-state index is 12.1. The van der Waals surface area contributed by atoms with Gasteiger partial charge in [0.25, 0.3) is 0 Å². The van der Waals surface area contributed by atoms with Crippen LogP contribution in [0.5, 0.6) is 0 Å². The van der Waals surface area contributed by atoms with Crippen LogP contribution in [0.3, 0.4) is 0 Å². The first-order valence-electron chi connectivity index (χ1n) is 10.2. The molecule has 0 spiro atoms. The van der Waals surface area contributed by atoms with E-state index in [1.54, 1.807) is 48.5 Å². The smallest absolute Gasteiger partial charge is 0.354 e. The molecule has 35 heavy (non-hydrogen) atoms. The van der Waals surface area contributed by atoms with Crippen molar-refractivity contribution in [2.75, 3.05) is 10.0 Å². The van der Waals surface area contributed by atoms with Crippen molar-refractivity contribution in [2.24, 2.45) is 0 Å². The number of rotatable bonds is 8. The highest BCUT2D eigenvalue weighted by Crippen LogP contribution is 2.31. The van der Waals surface area contributed by atoms with Gasteiger partial charge < -0.3 is 14.6 Å². The summed E-state index contributed by atoms with van der Waals surface area (Å²) in [7, 11) is 0. The van der Waals surface area contributed by atoms with Gasteiger partial charge in [0, 0.05) is 22.9 Å². The average Bonchev–Trinajstić information content (AvgIpc) is 3.57. The first-order valence-corrected chi connectivity index (χ1v) is 10.2. The fourth-order valence-corrected chi connectivity index (χ4v) is 4.01. The molecule has 11 nitrogen and oxygen atoms in total. The standard InChI is InChI=1S/C24H16N4O7/c29-13-25(27-17-7-3-1-5-15(17)11-19(27)23(31)32)21-9-10-22(35-21)26(14-30)28-18-8-4-2-6-16(18)12-20(28)24(33)34/h1-14H,(H,31,32)(H,33,34). The lowest BCUT2D eigenvalue weighted by molar-refractivity contribution is -0.108. The Morgan fingerprint density at radius 1 is 0.686 bits per heavy atom. The Labute approximate surface area is 196 Å². The molecule has 0 saturated carbocycles. The van der Waals surface area contributed by atoms with Crippen LogP contribution >= 0.6 is 0 Å². The number of furan rings is 1. The number of para-hydroxylation sites is 2. The van der Waals surface area contributed by atoms with Crippen LogP contribution in [0.2, 0.25) is 0 Å². The van der Waals surface area contributed by atoms with Crippen molar-refractivity contribution in [3.8, 4) is 0 Å². The number of carboxylic acid groups (broad SMARTS) is 2. The van der Waals surface area contributed by atoms with Crippen LogP contribution in [0.25, 0.3) is 21.8 Å². The number of benzene rings is 2. The number of carbonyl (C=O) groups is 4. The first kappa shape index (κ1) is 21.5. The number of aromatic carboxylic acids is 2. The van der Waals surface area contributed by atoms with Crippen LogP contribution in [0.4, 0.5) is 11.8 Å². The highest BCUT2D eigenvalue weighted by Gasteiger charge is 2.26. The van der Waals surface area contributed by atoms with E-state index in [1.165, 1.54) is 33.6 Å². The summed E-state index contributed by atoms with van der Waals surface area (Å²) in [6.07, 6.45) is 0.751. The molecule has 0 saturated heterocycles. The summed E-state index contributed by atoms with van der Waals surface area (Å²) in [5.41, 5.74) is 0.500. The van der Waals surface area contributed by atoms with Crippen LogP contribution in [0.1, 0.15) is 21.0 Å². The molecule has 3 aromatic heterocycles. The number of hydrogen-bond donors (Lipinski definition) is 2. The van der Waals surface area contributed by atoms with Gasteiger partial charge >= 0.3 is 11.9 Å². The number of carboxylic acids is 2. The molecule has 0 atom stereocenters. The molecular formula is C24H16N4O7. The summed E-state index contributed by atoms with van der Waals surface area (Å²) in [5.74, 6) is -2.73. The van der Waals surface area contributed by atoms with E-state index in [0.717, 1.165) is 10.0 Å². The van der Waals surface area contributed by atoms with Gasteiger partial charge in [0.15, 0.2) is 0 Å². The monoisotopic (exact) mass is 472 g/mol. The lowest BCUT2D eigenvalue weighted by Crippen LogP contribution is -2.31. The Hall–Kier alpha value is -5.32. The molecular weight excluding hydrogens is 456 g/mol. The zero-order valence-electron chi connectivity index (χ0n) is 17.8. The zero-order chi connectivity index (χ0) is 24.7. The van der Waals surface area contributed by atoms with Gasteiger partial charge in [-0.05, 0) is 24.3 Å². The minimum Gasteiger partial charge on any atom is -0.477 e. The second kappa shape index (κ2) is 8.23. The molecule has 3 heterocycles. The van der Waals surface area contributed by atoms with Crippen molar-refractivity contribution >= 4 is 58.3 Å². The molecule has 0 fully saturated rings. The first-order chi connectivity index (χ1) is 16.9. The predicted octanol–water partition coefficient (Wildman–Crippen LogP) is 3.44. The quantitative estimate of drug-likeness (QED) is 0.330. The minimum atomic E-state index is -1.26. The van der Waals surface area contributed by atoms with E-state index in [0.29, 0.717) is 34.6 Å². The largest absolute Gasteiger partial charge is 0.477 e. The van der Waals surface area contributed by atoms with Crippen molar-refractivity contribution < 1.29 is 33.8 Å². The molecule has 0 unspecified atom stereocenters. The van der Waals surface area contributed by atoms with E-state index >= 15 is 0 Å². The number of aromatic nitrogens is 2. The van der Waals surface area contributed by atoms with Gasteiger partial charge in [0.1, 0.15) is 11.4 Å². The van der Waals surface area contributed by atoms with Crippen molar-refractivity contribution in [2.45, 2.75) is 0 Å². The zero-order valence-corrected chi connectivity index (χ0v) is 17.8. The molecule has 2 amide bonds. The van der Waals surface area contributed by atoms with Gasteiger partial charge in [-0.2, -0.15) is 10.0 Å². The molecule has 0 aliphatic rings.